The summed E-state index contributed by atoms with van der Waals surface area (Å²) in [6, 6.07) is 3.46. The highest BCUT2D eigenvalue weighted by atomic mass is 79.9. The standard InChI is InChI=1S/C10H16BrNO2S3/c1-4-8(7-15-3)12(2)17(13,14)10-6-5-9(11)16-10/h5-6,8H,4,7H2,1-3H3. The van der Waals surface area contributed by atoms with Crippen LogP contribution in [0.5, 0.6) is 0 Å². The van der Waals surface area contributed by atoms with Crippen LogP contribution < -0.4 is 0 Å². The summed E-state index contributed by atoms with van der Waals surface area (Å²) in [5.74, 6) is 0.818. The lowest BCUT2D eigenvalue weighted by Gasteiger charge is -2.25. The Balaban J connectivity index is 2.97. The molecular weight excluding hydrogens is 342 g/mol. The molecule has 0 spiro atoms. The van der Waals surface area contributed by atoms with Crippen molar-refractivity contribution in [1.82, 2.24) is 4.31 Å². The summed E-state index contributed by atoms with van der Waals surface area (Å²) in [7, 11) is -1.68. The van der Waals surface area contributed by atoms with E-state index in [1.165, 1.54) is 15.6 Å². The second-order valence-corrected chi connectivity index (χ2v) is 9.20. The Morgan fingerprint density at radius 1 is 1.53 bits per heavy atom. The van der Waals surface area contributed by atoms with Crippen molar-refractivity contribution in [2.75, 3.05) is 19.1 Å². The molecule has 0 N–H and O–H groups in total. The molecule has 0 bridgehead atoms. The monoisotopic (exact) mass is 357 g/mol. The molecule has 0 fully saturated rings. The van der Waals surface area contributed by atoms with Gasteiger partial charge in [-0.3, -0.25) is 0 Å². The van der Waals surface area contributed by atoms with Gasteiger partial charge in [0.2, 0.25) is 0 Å². The number of nitrogens with zero attached hydrogens (tertiary/aromatic N) is 1. The van der Waals surface area contributed by atoms with Gasteiger partial charge in [0.05, 0.1) is 3.79 Å². The van der Waals surface area contributed by atoms with E-state index in [-0.39, 0.29) is 6.04 Å². The van der Waals surface area contributed by atoms with E-state index in [4.69, 9.17) is 0 Å². The van der Waals surface area contributed by atoms with Crippen molar-refractivity contribution < 1.29 is 8.42 Å². The highest BCUT2D eigenvalue weighted by Crippen LogP contribution is 2.29. The van der Waals surface area contributed by atoms with Crippen LogP contribution in [0.25, 0.3) is 0 Å². The van der Waals surface area contributed by atoms with E-state index in [9.17, 15) is 8.42 Å². The van der Waals surface area contributed by atoms with E-state index in [1.807, 2.05) is 13.2 Å². The molecular formula is C10H16BrNO2S3. The third kappa shape index (κ3) is 3.70. The van der Waals surface area contributed by atoms with E-state index < -0.39 is 10.0 Å². The molecule has 0 aliphatic carbocycles. The molecule has 1 aromatic rings. The third-order valence-electron chi connectivity index (χ3n) is 2.53. The van der Waals surface area contributed by atoms with Crippen molar-refractivity contribution in [3.63, 3.8) is 0 Å². The normalized spacial score (nSPS) is 14.2. The maximum absolute atomic E-state index is 12.3. The van der Waals surface area contributed by atoms with E-state index in [0.717, 1.165) is 16.0 Å². The van der Waals surface area contributed by atoms with Crippen LogP contribution in [-0.2, 0) is 10.0 Å². The fourth-order valence-corrected chi connectivity index (χ4v) is 6.01. The second-order valence-electron chi connectivity index (χ2n) is 3.60. The van der Waals surface area contributed by atoms with Gasteiger partial charge in [-0.25, -0.2) is 8.42 Å². The minimum absolute atomic E-state index is 0.0517. The van der Waals surface area contributed by atoms with Gasteiger partial charge in [0, 0.05) is 18.8 Å². The van der Waals surface area contributed by atoms with Crippen molar-refractivity contribution in [3.8, 4) is 0 Å². The first-order valence-corrected chi connectivity index (χ1v) is 9.60. The van der Waals surface area contributed by atoms with Gasteiger partial charge < -0.3 is 0 Å². The van der Waals surface area contributed by atoms with Crippen molar-refractivity contribution in [2.45, 2.75) is 23.6 Å². The largest absolute Gasteiger partial charge is 0.252 e. The molecule has 0 aromatic carbocycles. The van der Waals surface area contributed by atoms with Crippen LogP contribution in [0.15, 0.2) is 20.1 Å². The fourth-order valence-electron chi connectivity index (χ4n) is 1.45. The molecule has 0 radical (unpaired) electrons. The lowest BCUT2D eigenvalue weighted by molar-refractivity contribution is 0.386. The van der Waals surface area contributed by atoms with E-state index >= 15 is 0 Å². The molecule has 17 heavy (non-hydrogen) atoms. The van der Waals surface area contributed by atoms with Crippen LogP contribution in [0, 0.1) is 0 Å². The first-order valence-electron chi connectivity index (χ1n) is 5.15. The molecule has 1 unspecified atom stereocenters. The number of halogens is 1. The van der Waals surface area contributed by atoms with Crippen molar-refractivity contribution in [2.24, 2.45) is 0 Å². The van der Waals surface area contributed by atoms with Gasteiger partial charge >= 0.3 is 0 Å². The molecule has 3 nitrogen and oxygen atoms in total. The highest BCUT2D eigenvalue weighted by molar-refractivity contribution is 9.11. The van der Waals surface area contributed by atoms with Gasteiger partial charge in [-0.2, -0.15) is 16.1 Å². The zero-order valence-electron chi connectivity index (χ0n) is 10.0. The van der Waals surface area contributed by atoms with Crippen LogP contribution in [0.3, 0.4) is 0 Å². The van der Waals surface area contributed by atoms with Gasteiger partial charge in [-0.1, -0.05) is 6.92 Å². The van der Waals surface area contributed by atoms with E-state index in [0.29, 0.717) is 4.21 Å². The quantitative estimate of drug-likeness (QED) is 0.783. The molecule has 1 rings (SSSR count). The minimum atomic E-state index is -3.34. The summed E-state index contributed by atoms with van der Waals surface area (Å²) in [6.45, 7) is 2.01. The smallest absolute Gasteiger partial charge is 0.206 e. The number of thiophene rings is 1. The number of hydrogen-bond donors (Lipinski definition) is 0. The molecule has 0 aliphatic heterocycles. The summed E-state index contributed by atoms with van der Waals surface area (Å²) in [5, 5.41) is 0. The number of sulfonamides is 1. The summed E-state index contributed by atoms with van der Waals surface area (Å²) >= 11 is 6.21. The summed E-state index contributed by atoms with van der Waals surface area (Å²) < 4.78 is 27.4. The molecule has 1 aromatic heterocycles. The van der Waals surface area contributed by atoms with E-state index in [2.05, 4.69) is 15.9 Å². The Morgan fingerprint density at radius 2 is 2.18 bits per heavy atom. The minimum Gasteiger partial charge on any atom is -0.206 e. The lowest BCUT2D eigenvalue weighted by atomic mass is 10.3. The summed E-state index contributed by atoms with van der Waals surface area (Å²) in [5.41, 5.74) is 0. The average Bonchev–Trinajstić information content (AvgIpc) is 2.72. The molecule has 0 saturated carbocycles. The predicted octanol–water partition coefficient (Wildman–Crippen LogP) is 3.27. The molecule has 1 atom stereocenters. The van der Waals surface area contributed by atoms with Crippen LogP contribution in [0.1, 0.15) is 13.3 Å². The molecule has 0 saturated heterocycles. The van der Waals surface area contributed by atoms with Crippen molar-refractivity contribution in [1.29, 1.82) is 0 Å². The first-order chi connectivity index (χ1) is 7.93. The maximum Gasteiger partial charge on any atom is 0.252 e. The van der Waals surface area contributed by atoms with Gasteiger partial charge in [0.25, 0.3) is 10.0 Å². The topological polar surface area (TPSA) is 37.4 Å². The molecule has 7 heteroatoms. The number of hydrogen-bond acceptors (Lipinski definition) is 4. The van der Waals surface area contributed by atoms with Gasteiger partial charge in [-0.05, 0) is 40.7 Å². The van der Waals surface area contributed by atoms with Crippen LogP contribution in [0.2, 0.25) is 0 Å². The van der Waals surface area contributed by atoms with Crippen LogP contribution >= 0.6 is 39.0 Å². The van der Waals surface area contributed by atoms with Crippen molar-refractivity contribution >= 4 is 49.1 Å². The number of thioether (sulfide) groups is 1. The van der Waals surface area contributed by atoms with Crippen molar-refractivity contribution in [3.05, 3.63) is 15.9 Å². The SMILES string of the molecule is CCC(CSC)N(C)S(=O)(=O)c1ccc(Br)s1. The highest BCUT2D eigenvalue weighted by Gasteiger charge is 2.27. The van der Waals surface area contributed by atoms with E-state index in [1.54, 1.807) is 30.9 Å². The molecule has 1 heterocycles. The average molecular weight is 358 g/mol. The summed E-state index contributed by atoms with van der Waals surface area (Å²) in [6.07, 6.45) is 2.81. The fraction of sp³-hybridized carbons (Fsp3) is 0.600. The Morgan fingerprint density at radius 3 is 2.59 bits per heavy atom. The van der Waals surface area contributed by atoms with Crippen LogP contribution in [0.4, 0.5) is 0 Å². The Kier molecular flexibility index (Phi) is 5.98. The number of rotatable bonds is 6. The van der Waals surface area contributed by atoms with Crippen LogP contribution in [-0.4, -0.2) is 37.8 Å². The zero-order chi connectivity index (χ0) is 13.1. The Labute approximate surface area is 120 Å². The summed E-state index contributed by atoms with van der Waals surface area (Å²) in [4.78, 5) is 0. The molecule has 0 aliphatic rings. The first kappa shape index (κ1) is 15.5. The lowest BCUT2D eigenvalue weighted by Crippen LogP contribution is -2.37. The second kappa shape index (κ2) is 6.56. The molecule has 98 valence electrons. The predicted molar refractivity (Wildman–Crippen MR) is 79.4 cm³/mol. The maximum atomic E-state index is 12.3. The molecule has 0 amide bonds. The van der Waals surface area contributed by atoms with Gasteiger partial charge in [0.1, 0.15) is 4.21 Å². The van der Waals surface area contributed by atoms with Gasteiger partial charge in [-0.15, -0.1) is 11.3 Å². The third-order valence-corrected chi connectivity index (χ3v) is 7.25. The zero-order valence-corrected chi connectivity index (χ0v) is 14.0. The Hall–Kier alpha value is 0.440. The Bertz CT molecular complexity index is 458. The van der Waals surface area contributed by atoms with Gasteiger partial charge in [0.15, 0.2) is 0 Å².